The van der Waals surface area contributed by atoms with E-state index in [2.05, 4.69) is 36.5 Å². The van der Waals surface area contributed by atoms with E-state index >= 15 is 0 Å². The molecule has 0 aromatic heterocycles. The molecule has 1 atom stereocenters. The molecule has 1 nitrogen and oxygen atoms in total. The van der Waals surface area contributed by atoms with Gasteiger partial charge < -0.3 is 5.32 Å². The molecule has 1 heteroatoms. The lowest BCUT2D eigenvalue weighted by atomic mass is 9.98. The summed E-state index contributed by atoms with van der Waals surface area (Å²) in [4.78, 5) is 0. The molecule has 0 spiro atoms. The van der Waals surface area contributed by atoms with Crippen LogP contribution in [0.15, 0.2) is 24.3 Å². The van der Waals surface area contributed by atoms with E-state index in [1.807, 2.05) is 0 Å². The van der Waals surface area contributed by atoms with Gasteiger partial charge in [0.1, 0.15) is 0 Å². The van der Waals surface area contributed by atoms with Crippen LogP contribution in [0.1, 0.15) is 36.8 Å². The van der Waals surface area contributed by atoms with E-state index in [4.69, 9.17) is 0 Å². The summed E-state index contributed by atoms with van der Waals surface area (Å²) in [6.07, 6.45) is 3.93. The van der Waals surface area contributed by atoms with Crippen molar-refractivity contribution in [1.82, 2.24) is 5.32 Å². The van der Waals surface area contributed by atoms with Crippen molar-refractivity contribution in [2.24, 2.45) is 0 Å². The van der Waals surface area contributed by atoms with Gasteiger partial charge in [0.25, 0.3) is 0 Å². The molecular formula is C13H19N. The lowest BCUT2D eigenvalue weighted by Crippen LogP contribution is -2.16. The van der Waals surface area contributed by atoms with Gasteiger partial charge in [0.2, 0.25) is 0 Å². The molecule has 0 amide bonds. The van der Waals surface area contributed by atoms with Crippen LogP contribution in [0.3, 0.4) is 0 Å². The smallest absolute Gasteiger partial charge is 0.00432 e. The van der Waals surface area contributed by atoms with Gasteiger partial charge >= 0.3 is 0 Å². The Morgan fingerprint density at radius 3 is 3.07 bits per heavy atom. The number of nitrogens with one attached hydrogen (secondary N) is 1. The fourth-order valence-corrected chi connectivity index (χ4v) is 2.40. The van der Waals surface area contributed by atoms with E-state index in [1.165, 1.54) is 19.3 Å². The Bertz CT molecular complexity index is 293. The number of rotatable bonds is 4. The molecule has 0 bridgehead atoms. The van der Waals surface area contributed by atoms with E-state index in [-0.39, 0.29) is 0 Å². The Morgan fingerprint density at radius 1 is 1.36 bits per heavy atom. The van der Waals surface area contributed by atoms with Crippen LogP contribution in [-0.2, 0) is 6.42 Å². The van der Waals surface area contributed by atoms with Crippen molar-refractivity contribution in [3.8, 4) is 0 Å². The lowest BCUT2D eigenvalue weighted by molar-refractivity contribution is 0.573. The van der Waals surface area contributed by atoms with Gasteiger partial charge in [-0.3, -0.25) is 0 Å². The standard InChI is InChI=1S/C13H19N/c1-2-14-10-9-12-8-7-11-5-3-4-6-13(11)12/h3-6,12,14H,2,7-10H2,1H3/t12-/m1/s1. The molecule has 0 fully saturated rings. The first kappa shape index (κ1) is 9.72. The van der Waals surface area contributed by atoms with Crippen LogP contribution in [0.25, 0.3) is 0 Å². The highest BCUT2D eigenvalue weighted by molar-refractivity contribution is 5.34. The molecule has 0 radical (unpaired) electrons. The molecule has 0 saturated carbocycles. The van der Waals surface area contributed by atoms with Gasteiger partial charge in [0, 0.05) is 0 Å². The average molecular weight is 189 g/mol. The zero-order chi connectivity index (χ0) is 9.80. The van der Waals surface area contributed by atoms with Crippen molar-refractivity contribution in [1.29, 1.82) is 0 Å². The second-order valence-corrected chi connectivity index (χ2v) is 4.08. The van der Waals surface area contributed by atoms with Gasteiger partial charge in [-0.05, 0) is 49.4 Å². The van der Waals surface area contributed by atoms with Crippen LogP contribution >= 0.6 is 0 Å². The van der Waals surface area contributed by atoms with E-state index in [1.54, 1.807) is 11.1 Å². The van der Waals surface area contributed by atoms with Crippen molar-refractivity contribution in [3.63, 3.8) is 0 Å². The highest BCUT2D eigenvalue weighted by Crippen LogP contribution is 2.34. The predicted molar refractivity (Wildman–Crippen MR) is 60.7 cm³/mol. The Morgan fingerprint density at radius 2 is 2.21 bits per heavy atom. The van der Waals surface area contributed by atoms with Crippen LogP contribution in [0.5, 0.6) is 0 Å². The quantitative estimate of drug-likeness (QED) is 0.718. The molecule has 1 aromatic rings. The van der Waals surface area contributed by atoms with Crippen molar-refractivity contribution >= 4 is 0 Å². The predicted octanol–water partition coefficient (Wildman–Crippen LogP) is 2.72. The lowest BCUT2D eigenvalue weighted by Gasteiger charge is -2.11. The number of hydrogen-bond acceptors (Lipinski definition) is 1. The maximum Gasteiger partial charge on any atom is -0.00432 e. The molecule has 1 N–H and O–H groups in total. The Labute approximate surface area is 86.5 Å². The van der Waals surface area contributed by atoms with Crippen LogP contribution in [0, 0.1) is 0 Å². The molecule has 76 valence electrons. The minimum absolute atomic E-state index is 0.810. The van der Waals surface area contributed by atoms with Crippen molar-refractivity contribution in [2.45, 2.75) is 32.1 Å². The van der Waals surface area contributed by atoms with E-state index < -0.39 is 0 Å². The molecule has 1 aromatic carbocycles. The molecule has 0 aliphatic heterocycles. The summed E-state index contributed by atoms with van der Waals surface area (Å²) >= 11 is 0. The fraction of sp³-hybridized carbons (Fsp3) is 0.538. The first-order valence-corrected chi connectivity index (χ1v) is 5.70. The first-order chi connectivity index (χ1) is 6.92. The SMILES string of the molecule is CCNCC[C@H]1CCc2ccccc21. The number of benzene rings is 1. The number of hydrogen-bond donors (Lipinski definition) is 1. The number of fused-ring (bicyclic) bond motifs is 1. The largest absolute Gasteiger partial charge is 0.317 e. The van der Waals surface area contributed by atoms with Gasteiger partial charge in [-0.2, -0.15) is 0 Å². The molecule has 1 aliphatic carbocycles. The zero-order valence-corrected chi connectivity index (χ0v) is 8.92. The van der Waals surface area contributed by atoms with Gasteiger partial charge in [0.15, 0.2) is 0 Å². The zero-order valence-electron chi connectivity index (χ0n) is 8.92. The Hall–Kier alpha value is -0.820. The summed E-state index contributed by atoms with van der Waals surface area (Å²) in [5.41, 5.74) is 3.18. The van der Waals surface area contributed by atoms with Crippen molar-refractivity contribution < 1.29 is 0 Å². The van der Waals surface area contributed by atoms with Crippen molar-refractivity contribution in [2.75, 3.05) is 13.1 Å². The fourth-order valence-electron chi connectivity index (χ4n) is 2.40. The summed E-state index contributed by atoms with van der Waals surface area (Å²) in [6, 6.07) is 8.91. The molecule has 14 heavy (non-hydrogen) atoms. The van der Waals surface area contributed by atoms with Crippen LogP contribution in [0.4, 0.5) is 0 Å². The minimum atomic E-state index is 0.810. The van der Waals surface area contributed by atoms with Gasteiger partial charge in [-0.15, -0.1) is 0 Å². The summed E-state index contributed by atoms with van der Waals surface area (Å²) in [6.45, 7) is 4.42. The molecule has 1 aliphatic rings. The summed E-state index contributed by atoms with van der Waals surface area (Å²) in [5, 5.41) is 3.41. The topological polar surface area (TPSA) is 12.0 Å². The van der Waals surface area contributed by atoms with Gasteiger partial charge in [-0.25, -0.2) is 0 Å². The minimum Gasteiger partial charge on any atom is -0.317 e. The van der Waals surface area contributed by atoms with Gasteiger partial charge in [-0.1, -0.05) is 31.2 Å². The average Bonchev–Trinajstić information content (AvgIpc) is 2.63. The normalized spacial score (nSPS) is 19.6. The van der Waals surface area contributed by atoms with Crippen LogP contribution in [0.2, 0.25) is 0 Å². The molecule has 0 saturated heterocycles. The first-order valence-electron chi connectivity index (χ1n) is 5.70. The molecule has 0 heterocycles. The maximum atomic E-state index is 3.41. The third-order valence-corrected chi connectivity index (χ3v) is 3.18. The summed E-state index contributed by atoms with van der Waals surface area (Å²) < 4.78 is 0. The molecule has 0 unspecified atom stereocenters. The third kappa shape index (κ3) is 1.98. The third-order valence-electron chi connectivity index (χ3n) is 3.18. The van der Waals surface area contributed by atoms with E-state index in [0.29, 0.717) is 0 Å². The second-order valence-electron chi connectivity index (χ2n) is 4.08. The van der Waals surface area contributed by atoms with Crippen LogP contribution < -0.4 is 5.32 Å². The summed E-state index contributed by atoms with van der Waals surface area (Å²) in [7, 11) is 0. The summed E-state index contributed by atoms with van der Waals surface area (Å²) in [5.74, 6) is 0.810. The molecular weight excluding hydrogens is 170 g/mol. The second kappa shape index (κ2) is 4.61. The van der Waals surface area contributed by atoms with Crippen molar-refractivity contribution in [3.05, 3.63) is 35.4 Å². The Kier molecular flexibility index (Phi) is 3.20. The van der Waals surface area contributed by atoms with E-state index in [0.717, 1.165) is 19.0 Å². The Balaban J connectivity index is 1.96. The molecule has 2 rings (SSSR count). The highest BCUT2D eigenvalue weighted by atomic mass is 14.8. The van der Waals surface area contributed by atoms with Gasteiger partial charge in [0.05, 0.1) is 0 Å². The van der Waals surface area contributed by atoms with Crippen LogP contribution in [-0.4, -0.2) is 13.1 Å². The highest BCUT2D eigenvalue weighted by Gasteiger charge is 2.20. The number of aryl methyl sites for hydroxylation is 1. The maximum absolute atomic E-state index is 3.41. The van der Waals surface area contributed by atoms with E-state index in [9.17, 15) is 0 Å². The monoisotopic (exact) mass is 189 g/mol.